The molecule has 0 aromatic heterocycles. The van der Waals surface area contributed by atoms with Gasteiger partial charge in [0.05, 0.1) is 11.6 Å². The highest BCUT2D eigenvalue weighted by Gasteiger charge is 2.33. The van der Waals surface area contributed by atoms with Gasteiger partial charge in [-0.3, -0.25) is 0 Å². The van der Waals surface area contributed by atoms with Crippen LogP contribution in [-0.2, 0) is 15.4 Å². The number of hydrogen-bond donors (Lipinski definition) is 1. The Morgan fingerprint density at radius 2 is 1.89 bits per heavy atom. The van der Waals surface area contributed by atoms with Crippen LogP contribution in [0.1, 0.15) is 31.2 Å². The number of halogens is 1. The van der Waals surface area contributed by atoms with Gasteiger partial charge in [-0.25, -0.2) is 8.42 Å². The van der Waals surface area contributed by atoms with Crippen LogP contribution in [0.5, 0.6) is 5.75 Å². The van der Waals surface area contributed by atoms with Crippen molar-refractivity contribution >= 4 is 25.8 Å². The Bertz CT molecular complexity index is 592. The molecule has 0 spiro atoms. The summed E-state index contributed by atoms with van der Waals surface area (Å²) in [5.74, 6) is 0.341. The van der Waals surface area contributed by atoms with Gasteiger partial charge in [0.15, 0.2) is 15.6 Å². The molecule has 0 amide bonds. The summed E-state index contributed by atoms with van der Waals surface area (Å²) in [5.41, 5.74) is 6.83. The van der Waals surface area contributed by atoms with E-state index < -0.39 is 15.4 Å². The highest BCUT2D eigenvalue weighted by atomic mass is 79.9. The third-order valence-electron chi connectivity index (χ3n) is 3.68. The van der Waals surface area contributed by atoms with Gasteiger partial charge in [0.1, 0.15) is 4.90 Å². The predicted octanol–water partition coefficient (Wildman–Crippen LogP) is 2.59. The Morgan fingerprint density at radius 1 is 1.32 bits per heavy atom. The van der Waals surface area contributed by atoms with E-state index in [1.54, 1.807) is 6.07 Å². The van der Waals surface area contributed by atoms with Crippen molar-refractivity contribution in [2.75, 3.05) is 13.4 Å². The van der Waals surface area contributed by atoms with E-state index in [-0.39, 0.29) is 4.90 Å². The maximum atomic E-state index is 11.9. The zero-order valence-corrected chi connectivity index (χ0v) is 13.5. The molecule has 1 aromatic rings. The topological polar surface area (TPSA) is 69.4 Å². The van der Waals surface area contributed by atoms with Crippen LogP contribution < -0.4 is 10.5 Å². The van der Waals surface area contributed by atoms with Gasteiger partial charge >= 0.3 is 0 Å². The number of ether oxygens (including phenoxy) is 1. The normalized spacial score (nSPS) is 18.5. The molecule has 0 unspecified atom stereocenters. The van der Waals surface area contributed by atoms with Gasteiger partial charge in [0.2, 0.25) is 0 Å². The van der Waals surface area contributed by atoms with E-state index in [0.29, 0.717) is 10.2 Å². The molecular weight excluding hydrogens is 330 g/mol. The third-order valence-corrected chi connectivity index (χ3v) is 5.38. The average molecular weight is 348 g/mol. The van der Waals surface area contributed by atoms with Crippen molar-refractivity contribution in [2.24, 2.45) is 5.73 Å². The Hall–Kier alpha value is -0.590. The highest BCUT2D eigenvalue weighted by molar-refractivity contribution is 9.10. The standard InChI is InChI=1S/C13H18BrNO3S/c1-18-12-10(14)7-9(8-11(12)19(2,16)17)13(15)5-3-4-6-13/h7-8H,3-6,15H2,1-2H3. The second-order valence-corrected chi connectivity index (χ2v) is 7.96. The Balaban J connectivity index is 2.63. The quantitative estimate of drug-likeness (QED) is 0.912. The van der Waals surface area contributed by atoms with Gasteiger partial charge in [-0.1, -0.05) is 12.8 Å². The van der Waals surface area contributed by atoms with Crippen molar-refractivity contribution in [3.8, 4) is 5.75 Å². The van der Waals surface area contributed by atoms with E-state index in [1.165, 1.54) is 13.4 Å². The first-order valence-corrected chi connectivity index (χ1v) is 8.83. The van der Waals surface area contributed by atoms with Gasteiger partial charge in [-0.05, 0) is 46.5 Å². The van der Waals surface area contributed by atoms with E-state index in [4.69, 9.17) is 10.5 Å². The third kappa shape index (κ3) is 2.80. The van der Waals surface area contributed by atoms with Gasteiger partial charge in [-0.2, -0.15) is 0 Å². The van der Waals surface area contributed by atoms with Crippen molar-refractivity contribution in [1.29, 1.82) is 0 Å². The maximum absolute atomic E-state index is 11.9. The van der Waals surface area contributed by atoms with Crippen LogP contribution >= 0.6 is 15.9 Å². The first-order chi connectivity index (χ1) is 8.78. The van der Waals surface area contributed by atoms with Gasteiger partial charge in [-0.15, -0.1) is 0 Å². The van der Waals surface area contributed by atoms with Crippen molar-refractivity contribution in [1.82, 2.24) is 0 Å². The molecule has 1 saturated carbocycles. The molecule has 0 radical (unpaired) electrons. The van der Waals surface area contributed by atoms with E-state index in [1.807, 2.05) is 6.07 Å². The summed E-state index contributed by atoms with van der Waals surface area (Å²) in [4.78, 5) is 0.191. The molecule has 0 heterocycles. The lowest BCUT2D eigenvalue weighted by Crippen LogP contribution is -2.33. The van der Waals surface area contributed by atoms with Crippen LogP contribution in [0.25, 0.3) is 0 Å². The molecule has 6 heteroatoms. The molecule has 2 rings (SSSR count). The van der Waals surface area contributed by atoms with Crippen LogP contribution in [0.3, 0.4) is 0 Å². The molecule has 106 valence electrons. The average Bonchev–Trinajstić information content (AvgIpc) is 2.75. The number of sulfone groups is 1. The molecule has 0 saturated heterocycles. The van der Waals surface area contributed by atoms with Crippen molar-refractivity contribution in [2.45, 2.75) is 36.1 Å². The lowest BCUT2D eigenvalue weighted by atomic mass is 9.89. The minimum atomic E-state index is -3.36. The van der Waals surface area contributed by atoms with Crippen molar-refractivity contribution in [3.05, 3.63) is 22.2 Å². The first-order valence-electron chi connectivity index (χ1n) is 6.15. The molecule has 0 bridgehead atoms. The fourth-order valence-corrected chi connectivity index (χ4v) is 4.25. The zero-order chi connectivity index (χ0) is 14.3. The number of benzene rings is 1. The fourth-order valence-electron chi connectivity index (χ4n) is 2.62. The number of hydrogen-bond acceptors (Lipinski definition) is 4. The van der Waals surface area contributed by atoms with E-state index in [0.717, 1.165) is 31.2 Å². The molecule has 1 aliphatic carbocycles. The summed E-state index contributed by atoms with van der Waals surface area (Å²) >= 11 is 3.38. The second-order valence-electron chi connectivity index (χ2n) is 5.12. The second kappa shape index (κ2) is 5.07. The molecule has 2 N–H and O–H groups in total. The lowest BCUT2D eigenvalue weighted by Gasteiger charge is -2.25. The van der Waals surface area contributed by atoms with Gasteiger partial charge < -0.3 is 10.5 Å². The SMILES string of the molecule is COc1c(Br)cc(C2(N)CCCC2)cc1S(C)(=O)=O. The van der Waals surface area contributed by atoms with Gasteiger partial charge in [0, 0.05) is 11.8 Å². The Kier molecular flexibility index (Phi) is 3.95. The van der Waals surface area contributed by atoms with Crippen molar-refractivity contribution in [3.63, 3.8) is 0 Å². The van der Waals surface area contributed by atoms with E-state index in [9.17, 15) is 8.42 Å². The molecule has 19 heavy (non-hydrogen) atoms. The van der Waals surface area contributed by atoms with Crippen LogP contribution in [0, 0.1) is 0 Å². The molecule has 0 aliphatic heterocycles. The number of rotatable bonds is 3. The first kappa shape index (κ1) is 14.8. The molecule has 1 aliphatic rings. The van der Waals surface area contributed by atoms with Crippen LogP contribution in [0.15, 0.2) is 21.5 Å². The van der Waals surface area contributed by atoms with E-state index in [2.05, 4.69) is 15.9 Å². The molecular formula is C13H18BrNO3S. The van der Waals surface area contributed by atoms with Crippen molar-refractivity contribution < 1.29 is 13.2 Å². The largest absolute Gasteiger partial charge is 0.494 e. The lowest BCUT2D eigenvalue weighted by molar-refractivity contribution is 0.397. The van der Waals surface area contributed by atoms with Crippen LogP contribution in [0.2, 0.25) is 0 Å². The number of methoxy groups -OCH3 is 1. The minimum Gasteiger partial charge on any atom is -0.494 e. The fraction of sp³-hybridized carbons (Fsp3) is 0.538. The summed E-state index contributed by atoms with van der Waals surface area (Å²) < 4.78 is 29.6. The van der Waals surface area contributed by atoms with Crippen LogP contribution in [0.4, 0.5) is 0 Å². The molecule has 1 aromatic carbocycles. The molecule has 4 nitrogen and oxygen atoms in total. The predicted molar refractivity (Wildman–Crippen MR) is 78.1 cm³/mol. The Morgan fingerprint density at radius 3 is 2.37 bits per heavy atom. The molecule has 1 fully saturated rings. The highest BCUT2D eigenvalue weighted by Crippen LogP contribution is 2.41. The van der Waals surface area contributed by atoms with Gasteiger partial charge in [0.25, 0.3) is 0 Å². The van der Waals surface area contributed by atoms with Crippen LogP contribution in [-0.4, -0.2) is 21.8 Å². The summed E-state index contributed by atoms with van der Waals surface area (Å²) in [7, 11) is -1.90. The smallest absolute Gasteiger partial charge is 0.179 e. The zero-order valence-electron chi connectivity index (χ0n) is 11.1. The monoisotopic (exact) mass is 347 g/mol. The number of nitrogens with two attached hydrogens (primary N) is 1. The maximum Gasteiger partial charge on any atom is 0.179 e. The summed E-state index contributed by atoms with van der Waals surface area (Å²) in [6.07, 6.45) is 5.10. The van der Waals surface area contributed by atoms with E-state index >= 15 is 0 Å². The minimum absolute atomic E-state index is 0.191. The molecule has 0 atom stereocenters. The summed E-state index contributed by atoms with van der Waals surface area (Å²) in [6, 6.07) is 3.53. The summed E-state index contributed by atoms with van der Waals surface area (Å²) in [6.45, 7) is 0. The Labute approximate surface area is 122 Å². The summed E-state index contributed by atoms with van der Waals surface area (Å²) in [5, 5.41) is 0.